The molecule has 5 nitrogen and oxygen atoms in total. The summed E-state index contributed by atoms with van der Waals surface area (Å²) in [6, 6.07) is 18.7. The Morgan fingerprint density at radius 3 is 2.26 bits per heavy atom. The molecule has 0 aliphatic heterocycles. The van der Waals surface area contributed by atoms with Crippen LogP contribution in [0.4, 0.5) is 0 Å². The van der Waals surface area contributed by atoms with Gasteiger partial charge in [0.1, 0.15) is 0 Å². The highest BCUT2D eigenvalue weighted by atomic mass is 16.4. The summed E-state index contributed by atoms with van der Waals surface area (Å²) in [7, 11) is 0. The van der Waals surface area contributed by atoms with E-state index in [0.717, 1.165) is 11.3 Å². The fourth-order valence-corrected chi connectivity index (χ4v) is 2.50. The maximum absolute atomic E-state index is 11.5. The number of hydrogen-bond acceptors (Lipinski definition) is 2. The van der Waals surface area contributed by atoms with E-state index in [1.54, 1.807) is 4.68 Å². The van der Waals surface area contributed by atoms with Crippen LogP contribution < -0.4 is 0 Å². The largest absolute Gasteiger partial charge is 0.476 e. The van der Waals surface area contributed by atoms with Crippen LogP contribution in [0.3, 0.4) is 0 Å². The van der Waals surface area contributed by atoms with Crippen molar-refractivity contribution in [1.82, 2.24) is 9.78 Å². The number of para-hydroxylation sites is 1. The van der Waals surface area contributed by atoms with Gasteiger partial charge < -0.3 is 9.95 Å². The molecule has 2 aromatic carbocycles. The van der Waals surface area contributed by atoms with E-state index in [1.807, 2.05) is 60.7 Å². The first-order valence-electron chi connectivity index (χ1n) is 7.01. The van der Waals surface area contributed by atoms with Gasteiger partial charge in [-0.3, -0.25) is 0 Å². The number of nitrogens with zero attached hydrogens (tertiary/aromatic N) is 3. The Balaban J connectivity index is 2.33. The number of carboxylic acids is 1. The number of carboxylic acid groups (broad SMARTS) is 1. The molecule has 1 heterocycles. The standard InChI is InChI=1S/C18H13N3O2/c1-19-12-15-16(18(22)23)20-21(14-10-6-3-7-11-14)17(15)13-8-4-2-5-9-13/h2-11H,12H2,(H,22,23). The maximum Gasteiger partial charge on any atom is 0.357 e. The number of hydrogen-bond donors (Lipinski definition) is 1. The lowest BCUT2D eigenvalue weighted by Gasteiger charge is -2.08. The van der Waals surface area contributed by atoms with Crippen molar-refractivity contribution in [2.24, 2.45) is 0 Å². The van der Waals surface area contributed by atoms with Crippen molar-refractivity contribution in [3.63, 3.8) is 0 Å². The van der Waals surface area contributed by atoms with Crippen molar-refractivity contribution in [1.29, 1.82) is 0 Å². The lowest BCUT2D eigenvalue weighted by atomic mass is 10.1. The number of benzene rings is 2. The van der Waals surface area contributed by atoms with Crippen LogP contribution in [0, 0.1) is 6.57 Å². The van der Waals surface area contributed by atoms with Gasteiger partial charge in [0.25, 0.3) is 0 Å². The van der Waals surface area contributed by atoms with Crippen molar-refractivity contribution in [3.8, 4) is 16.9 Å². The number of aromatic nitrogens is 2. The van der Waals surface area contributed by atoms with Gasteiger partial charge >= 0.3 is 5.97 Å². The quantitative estimate of drug-likeness (QED) is 0.748. The zero-order valence-electron chi connectivity index (χ0n) is 12.2. The highest BCUT2D eigenvalue weighted by molar-refractivity contribution is 5.90. The molecular weight excluding hydrogens is 290 g/mol. The molecule has 0 spiro atoms. The van der Waals surface area contributed by atoms with Crippen LogP contribution in [0.15, 0.2) is 60.7 Å². The van der Waals surface area contributed by atoms with Gasteiger partial charge in [-0.25, -0.2) is 16.0 Å². The highest BCUT2D eigenvalue weighted by Crippen LogP contribution is 2.30. The minimum absolute atomic E-state index is 0.0291. The molecule has 0 saturated heterocycles. The Labute approximate surface area is 133 Å². The molecule has 0 atom stereocenters. The van der Waals surface area contributed by atoms with Crippen molar-refractivity contribution in [2.45, 2.75) is 6.54 Å². The second-order valence-electron chi connectivity index (χ2n) is 4.91. The average Bonchev–Trinajstić information content (AvgIpc) is 2.96. The summed E-state index contributed by atoms with van der Waals surface area (Å²) in [4.78, 5) is 14.9. The minimum Gasteiger partial charge on any atom is -0.476 e. The van der Waals surface area contributed by atoms with Gasteiger partial charge in [-0.05, 0) is 12.1 Å². The molecule has 0 amide bonds. The third kappa shape index (κ3) is 2.70. The predicted molar refractivity (Wildman–Crippen MR) is 86.3 cm³/mol. The molecule has 0 aliphatic carbocycles. The smallest absolute Gasteiger partial charge is 0.357 e. The van der Waals surface area contributed by atoms with Crippen LogP contribution >= 0.6 is 0 Å². The Bertz CT molecular complexity index is 878. The topological polar surface area (TPSA) is 59.5 Å². The summed E-state index contributed by atoms with van der Waals surface area (Å²) >= 11 is 0. The molecule has 0 fully saturated rings. The molecule has 5 heteroatoms. The molecule has 0 radical (unpaired) electrons. The monoisotopic (exact) mass is 303 g/mol. The second-order valence-corrected chi connectivity index (χ2v) is 4.91. The zero-order valence-corrected chi connectivity index (χ0v) is 12.2. The van der Waals surface area contributed by atoms with E-state index in [1.165, 1.54) is 0 Å². The summed E-state index contributed by atoms with van der Waals surface area (Å²) in [5, 5.41) is 13.7. The number of aromatic carboxylic acids is 1. The van der Waals surface area contributed by atoms with Gasteiger partial charge in [0.15, 0.2) is 5.69 Å². The Kier molecular flexibility index (Phi) is 3.89. The number of rotatable bonds is 4. The van der Waals surface area contributed by atoms with E-state index < -0.39 is 5.97 Å². The van der Waals surface area contributed by atoms with Gasteiger partial charge in [0.2, 0.25) is 6.54 Å². The van der Waals surface area contributed by atoms with Crippen molar-refractivity contribution in [2.75, 3.05) is 0 Å². The molecule has 1 N–H and O–H groups in total. The van der Waals surface area contributed by atoms with Gasteiger partial charge in [-0.2, -0.15) is 5.10 Å². The van der Waals surface area contributed by atoms with E-state index in [2.05, 4.69) is 9.94 Å². The first-order chi connectivity index (χ1) is 11.2. The molecule has 1 aromatic heterocycles. The van der Waals surface area contributed by atoms with Gasteiger partial charge in [0, 0.05) is 5.56 Å². The highest BCUT2D eigenvalue weighted by Gasteiger charge is 2.26. The van der Waals surface area contributed by atoms with E-state index in [0.29, 0.717) is 11.3 Å². The first kappa shape index (κ1) is 14.5. The molecule has 3 rings (SSSR count). The van der Waals surface area contributed by atoms with Crippen LogP contribution in [0.5, 0.6) is 0 Å². The molecule has 112 valence electrons. The van der Waals surface area contributed by atoms with Crippen LogP contribution in [0.25, 0.3) is 21.8 Å². The normalized spacial score (nSPS) is 10.2. The van der Waals surface area contributed by atoms with Crippen LogP contribution in [0.2, 0.25) is 0 Å². The second kappa shape index (κ2) is 6.16. The summed E-state index contributed by atoms with van der Waals surface area (Å²) in [5.41, 5.74) is 2.58. The molecule has 0 saturated carbocycles. The molecule has 23 heavy (non-hydrogen) atoms. The van der Waals surface area contributed by atoms with Gasteiger partial charge in [0.05, 0.1) is 16.9 Å². The fourth-order valence-electron chi connectivity index (χ4n) is 2.50. The third-order valence-corrected chi connectivity index (χ3v) is 3.47. The van der Waals surface area contributed by atoms with E-state index >= 15 is 0 Å². The van der Waals surface area contributed by atoms with Gasteiger partial charge in [-0.1, -0.05) is 48.5 Å². The van der Waals surface area contributed by atoms with E-state index in [4.69, 9.17) is 6.57 Å². The minimum atomic E-state index is -1.13. The Hall–Kier alpha value is -3.39. The molecule has 0 bridgehead atoms. The summed E-state index contributed by atoms with van der Waals surface area (Å²) in [6.07, 6.45) is 0. The van der Waals surface area contributed by atoms with E-state index in [9.17, 15) is 9.90 Å². The third-order valence-electron chi connectivity index (χ3n) is 3.47. The fraction of sp³-hybridized carbons (Fsp3) is 0.0556. The van der Waals surface area contributed by atoms with Gasteiger partial charge in [-0.15, -0.1) is 0 Å². The lowest BCUT2D eigenvalue weighted by Crippen LogP contribution is -2.02. The van der Waals surface area contributed by atoms with E-state index in [-0.39, 0.29) is 12.2 Å². The molecule has 0 aliphatic rings. The molecule has 0 unspecified atom stereocenters. The predicted octanol–water partition coefficient (Wildman–Crippen LogP) is 3.66. The molecule has 3 aromatic rings. The SMILES string of the molecule is [C-]#[N+]Cc1c(C(=O)O)nn(-c2ccccc2)c1-c1ccccc1. The zero-order chi connectivity index (χ0) is 16.2. The van der Waals surface area contributed by atoms with Crippen molar-refractivity contribution < 1.29 is 9.90 Å². The van der Waals surface area contributed by atoms with Crippen molar-refractivity contribution >= 4 is 5.97 Å². The van der Waals surface area contributed by atoms with Crippen LogP contribution in [0.1, 0.15) is 16.1 Å². The Morgan fingerprint density at radius 2 is 1.70 bits per heavy atom. The van der Waals surface area contributed by atoms with Crippen molar-refractivity contribution in [3.05, 3.63) is 83.3 Å². The summed E-state index contributed by atoms with van der Waals surface area (Å²) in [5.74, 6) is -1.13. The lowest BCUT2D eigenvalue weighted by molar-refractivity contribution is 0.0689. The average molecular weight is 303 g/mol. The first-order valence-corrected chi connectivity index (χ1v) is 7.01. The summed E-state index contributed by atoms with van der Waals surface area (Å²) in [6.45, 7) is 7.12. The summed E-state index contributed by atoms with van der Waals surface area (Å²) < 4.78 is 1.60. The molecular formula is C18H13N3O2. The van der Waals surface area contributed by atoms with Crippen LogP contribution in [-0.2, 0) is 6.54 Å². The van der Waals surface area contributed by atoms with Crippen LogP contribution in [-0.4, -0.2) is 20.9 Å². The Morgan fingerprint density at radius 1 is 1.09 bits per heavy atom. The maximum atomic E-state index is 11.5. The number of carbonyl (C=O) groups is 1.